The summed E-state index contributed by atoms with van der Waals surface area (Å²) in [5.74, 6) is 4.28. The number of hydrogen-bond donors (Lipinski definition) is 1. The minimum Gasteiger partial charge on any atom is -0.366 e. The summed E-state index contributed by atoms with van der Waals surface area (Å²) < 4.78 is 95.5. The van der Waals surface area contributed by atoms with Crippen LogP contribution in [-0.2, 0) is 25.5 Å². The van der Waals surface area contributed by atoms with E-state index >= 15 is 0 Å². The van der Waals surface area contributed by atoms with Gasteiger partial charge in [0, 0.05) is 17.7 Å². The summed E-state index contributed by atoms with van der Waals surface area (Å²) in [4.78, 5) is -0.00271. The first-order chi connectivity index (χ1) is 18.7. The van der Waals surface area contributed by atoms with Gasteiger partial charge < -0.3 is 5.11 Å². The van der Waals surface area contributed by atoms with Crippen molar-refractivity contribution in [2.24, 2.45) is 5.92 Å². The first-order valence-electron chi connectivity index (χ1n) is 12.5. The van der Waals surface area contributed by atoms with Crippen molar-refractivity contribution in [1.29, 1.82) is 0 Å². The molecule has 3 aromatic rings. The molecule has 212 valence electrons. The lowest BCUT2D eigenvalue weighted by atomic mass is 9.92. The number of nitrogens with zero attached hydrogens (tertiary/aromatic N) is 1. The first kappa shape index (κ1) is 29.6. The van der Waals surface area contributed by atoms with Gasteiger partial charge in [0.15, 0.2) is 9.84 Å². The summed E-state index contributed by atoms with van der Waals surface area (Å²) in [5, 5.41) is 10.2. The Kier molecular flexibility index (Phi) is 8.09. The highest BCUT2D eigenvalue weighted by atomic mass is 32.2. The Morgan fingerprint density at radius 2 is 1.52 bits per heavy atom. The van der Waals surface area contributed by atoms with Crippen molar-refractivity contribution in [3.8, 4) is 11.8 Å². The van der Waals surface area contributed by atoms with E-state index in [1.165, 1.54) is 62.4 Å². The van der Waals surface area contributed by atoms with E-state index in [4.69, 9.17) is 0 Å². The van der Waals surface area contributed by atoms with Crippen LogP contribution >= 0.6 is 0 Å². The molecule has 1 fully saturated rings. The third-order valence-corrected chi connectivity index (χ3v) is 10.6. The van der Waals surface area contributed by atoms with E-state index in [2.05, 4.69) is 5.92 Å². The van der Waals surface area contributed by atoms with Crippen LogP contribution in [-0.4, -0.2) is 39.9 Å². The van der Waals surface area contributed by atoms with Crippen LogP contribution in [0.5, 0.6) is 0 Å². The van der Waals surface area contributed by atoms with Gasteiger partial charge in [-0.1, -0.05) is 36.3 Å². The largest absolute Gasteiger partial charge is 0.433 e. The molecule has 11 heteroatoms. The molecule has 0 heterocycles. The fourth-order valence-corrected chi connectivity index (χ4v) is 6.57. The molecule has 0 radical (unpaired) electrons. The molecule has 4 rings (SSSR count). The Hall–Kier alpha value is -3.33. The number of sulfone groups is 1. The molecule has 6 nitrogen and oxygen atoms in total. The molecule has 0 aromatic heterocycles. The lowest BCUT2D eigenvalue weighted by molar-refractivity contribution is -0.240. The summed E-state index contributed by atoms with van der Waals surface area (Å²) in [6, 6.07) is 17.3. The van der Waals surface area contributed by atoms with Crippen molar-refractivity contribution < 1.29 is 35.1 Å². The maximum Gasteiger partial charge on any atom is 0.433 e. The number of halogens is 3. The van der Waals surface area contributed by atoms with Gasteiger partial charge in [0.05, 0.1) is 20.7 Å². The molecule has 40 heavy (non-hydrogen) atoms. The number of aliphatic hydroxyl groups is 1. The van der Waals surface area contributed by atoms with Crippen molar-refractivity contribution in [3.05, 3.63) is 90.0 Å². The van der Waals surface area contributed by atoms with Gasteiger partial charge in [0.25, 0.3) is 10.0 Å². The van der Waals surface area contributed by atoms with Crippen LogP contribution in [0.15, 0.2) is 88.7 Å². The van der Waals surface area contributed by atoms with Crippen molar-refractivity contribution in [2.45, 2.75) is 53.5 Å². The number of benzene rings is 3. The summed E-state index contributed by atoms with van der Waals surface area (Å²) in [6.45, 7) is 3.11. The number of rotatable bonds is 8. The van der Waals surface area contributed by atoms with Crippen molar-refractivity contribution in [1.82, 2.24) is 0 Å². The Bertz CT molecular complexity index is 1640. The number of alkyl halides is 3. The Labute approximate surface area is 232 Å². The zero-order chi connectivity index (χ0) is 29.3. The SMILES string of the molecule is CC(C)S(=O)(=O)c1ccc(C#CC(O)(c2cccc(N(CC3CC3)S(=O)(=O)c3ccccc3)c2)C(F)(F)F)cc1. The van der Waals surface area contributed by atoms with E-state index < -0.39 is 42.5 Å². The molecule has 1 atom stereocenters. The smallest absolute Gasteiger partial charge is 0.366 e. The highest BCUT2D eigenvalue weighted by molar-refractivity contribution is 7.93. The molecule has 1 aliphatic carbocycles. The van der Waals surface area contributed by atoms with Gasteiger partial charge in [-0.15, -0.1) is 0 Å². The van der Waals surface area contributed by atoms with E-state index in [0.29, 0.717) is 0 Å². The van der Waals surface area contributed by atoms with E-state index in [9.17, 15) is 35.1 Å². The summed E-state index contributed by atoms with van der Waals surface area (Å²) >= 11 is 0. The number of hydrogen-bond acceptors (Lipinski definition) is 5. The molecule has 0 bridgehead atoms. The van der Waals surface area contributed by atoms with E-state index in [-0.39, 0.29) is 33.5 Å². The standard InChI is InChI=1S/C29H28F3NO5S2/c1-21(2)39(35,36)26-15-13-22(14-16-26)17-18-28(34,29(30,31)32)24-7-6-8-25(19-24)33(20-23-11-12-23)40(37,38)27-9-4-3-5-10-27/h3-10,13-16,19,21,23,34H,11-12,20H2,1-2H3. The van der Waals surface area contributed by atoms with Crippen molar-refractivity contribution >= 4 is 25.5 Å². The molecule has 1 aliphatic rings. The minimum atomic E-state index is -5.24. The predicted molar refractivity (Wildman–Crippen MR) is 146 cm³/mol. The average molecular weight is 592 g/mol. The van der Waals surface area contributed by atoms with Gasteiger partial charge in [-0.2, -0.15) is 13.2 Å². The topological polar surface area (TPSA) is 91.8 Å². The zero-order valence-corrected chi connectivity index (χ0v) is 23.4. The summed E-state index contributed by atoms with van der Waals surface area (Å²) in [7, 11) is -7.68. The molecule has 0 aliphatic heterocycles. The quantitative estimate of drug-likeness (QED) is 0.360. The van der Waals surface area contributed by atoms with E-state index in [1.54, 1.807) is 18.2 Å². The molecule has 1 N–H and O–H groups in total. The van der Waals surface area contributed by atoms with Crippen LogP contribution in [0.2, 0.25) is 0 Å². The predicted octanol–water partition coefficient (Wildman–Crippen LogP) is 5.28. The second kappa shape index (κ2) is 10.9. The lowest BCUT2D eigenvalue weighted by Gasteiger charge is -2.29. The second-order valence-electron chi connectivity index (χ2n) is 9.92. The monoisotopic (exact) mass is 591 g/mol. The molecule has 3 aromatic carbocycles. The third kappa shape index (κ3) is 6.04. The van der Waals surface area contributed by atoms with Gasteiger partial charge in [0.1, 0.15) is 0 Å². The molecular formula is C29H28F3NO5S2. The molecule has 1 saturated carbocycles. The van der Waals surface area contributed by atoms with Crippen LogP contribution in [0, 0.1) is 17.8 Å². The molecule has 0 amide bonds. The first-order valence-corrected chi connectivity index (χ1v) is 15.5. The maximum atomic E-state index is 14.3. The highest BCUT2D eigenvalue weighted by Crippen LogP contribution is 2.41. The third-order valence-electron chi connectivity index (χ3n) is 6.61. The summed E-state index contributed by atoms with van der Waals surface area (Å²) in [5.41, 5.74) is -4.24. The average Bonchev–Trinajstić information content (AvgIpc) is 3.75. The van der Waals surface area contributed by atoms with Crippen LogP contribution in [0.4, 0.5) is 18.9 Å². The second-order valence-corrected chi connectivity index (χ2v) is 14.3. The molecule has 0 spiro atoms. The minimum absolute atomic E-state index is 0.00205. The Balaban J connectivity index is 1.75. The van der Waals surface area contributed by atoms with Crippen LogP contribution in [0.1, 0.15) is 37.8 Å². The van der Waals surface area contributed by atoms with Crippen LogP contribution in [0.3, 0.4) is 0 Å². The zero-order valence-electron chi connectivity index (χ0n) is 21.8. The van der Waals surface area contributed by atoms with E-state index in [0.717, 1.165) is 29.3 Å². The van der Waals surface area contributed by atoms with Gasteiger partial charge in [-0.3, -0.25) is 4.31 Å². The Morgan fingerprint density at radius 3 is 2.08 bits per heavy atom. The fourth-order valence-electron chi connectivity index (χ4n) is 3.95. The number of sulfonamides is 1. The Morgan fingerprint density at radius 1 is 0.900 bits per heavy atom. The van der Waals surface area contributed by atoms with Crippen LogP contribution in [0.25, 0.3) is 0 Å². The molecule has 0 saturated heterocycles. The number of anilines is 1. The van der Waals surface area contributed by atoms with Gasteiger partial charge in [0.2, 0.25) is 5.60 Å². The van der Waals surface area contributed by atoms with Gasteiger partial charge in [-0.05, 0) is 87.1 Å². The van der Waals surface area contributed by atoms with Crippen molar-refractivity contribution in [3.63, 3.8) is 0 Å². The normalized spacial score (nSPS) is 15.7. The highest BCUT2D eigenvalue weighted by Gasteiger charge is 2.54. The van der Waals surface area contributed by atoms with Crippen LogP contribution < -0.4 is 4.31 Å². The lowest BCUT2D eigenvalue weighted by Crippen LogP contribution is -2.41. The van der Waals surface area contributed by atoms with E-state index in [1.807, 2.05) is 5.92 Å². The fraction of sp³-hybridized carbons (Fsp3) is 0.310. The van der Waals surface area contributed by atoms with Gasteiger partial charge in [-0.25, -0.2) is 16.8 Å². The molecular weight excluding hydrogens is 563 g/mol. The van der Waals surface area contributed by atoms with Crippen molar-refractivity contribution in [2.75, 3.05) is 10.8 Å². The summed E-state index contributed by atoms with van der Waals surface area (Å²) in [6.07, 6.45) is -3.63. The molecule has 1 unspecified atom stereocenters. The van der Waals surface area contributed by atoms with Gasteiger partial charge >= 0.3 is 6.18 Å². The maximum absolute atomic E-state index is 14.3.